The van der Waals surface area contributed by atoms with E-state index in [0.29, 0.717) is 6.61 Å². The van der Waals surface area contributed by atoms with Gasteiger partial charge < -0.3 is 15.0 Å². The lowest BCUT2D eigenvalue weighted by Crippen LogP contribution is -2.19. The second kappa shape index (κ2) is 6.30. The average molecular weight is 316 g/mol. The number of halogens is 1. The Labute approximate surface area is 113 Å². The molecule has 0 aliphatic carbocycles. The third-order valence-corrected chi connectivity index (χ3v) is 3.96. The molecule has 0 saturated heterocycles. The molecule has 0 spiro atoms. The van der Waals surface area contributed by atoms with Gasteiger partial charge in [0.15, 0.2) is 0 Å². The fraction of sp³-hybridized carbons (Fsp3) is 0.364. The predicted octanol–water partition coefficient (Wildman–Crippen LogP) is 2.64. The van der Waals surface area contributed by atoms with Crippen LogP contribution in [0.25, 0.3) is 10.6 Å². The van der Waals surface area contributed by atoms with Gasteiger partial charge in [-0.2, -0.15) is 0 Å². The van der Waals surface area contributed by atoms with Crippen molar-refractivity contribution in [3.8, 4) is 10.6 Å². The fourth-order valence-electron chi connectivity index (χ4n) is 1.41. The topological polar surface area (TPSA) is 49.9 Å². The first-order chi connectivity index (χ1) is 8.29. The van der Waals surface area contributed by atoms with Gasteiger partial charge in [-0.05, 0) is 22.0 Å². The summed E-state index contributed by atoms with van der Waals surface area (Å²) in [6.45, 7) is 2.28. The summed E-state index contributed by atoms with van der Waals surface area (Å²) in [6.07, 6.45) is 1.87. The van der Waals surface area contributed by atoms with Gasteiger partial charge in [-0.15, -0.1) is 11.3 Å². The highest BCUT2D eigenvalue weighted by atomic mass is 79.9. The van der Waals surface area contributed by atoms with Crippen molar-refractivity contribution in [2.75, 3.05) is 20.3 Å². The van der Waals surface area contributed by atoms with Gasteiger partial charge in [0.2, 0.25) is 0 Å². The lowest BCUT2D eigenvalue weighted by Gasteiger charge is -2.00. The first-order valence-corrected chi connectivity index (χ1v) is 6.95. The number of nitrogens with zero attached hydrogens (tertiary/aromatic N) is 1. The molecule has 0 aliphatic rings. The van der Waals surface area contributed by atoms with Crippen LogP contribution in [0.15, 0.2) is 22.1 Å². The van der Waals surface area contributed by atoms with Crippen molar-refractivity contribution < 1.29 is 4.74 Å². The molecular formula is C11H14BrN3OS. The first kappa shape index (κ1) is 12.8. The molecule has 0 unspecified atom stereocenters. The number of ether oxygens (including phenoxy) is 1. The van der Waals surface area contributed by atoms with E-state index in [2.05, 4.69) is 42.7 Å². The molecule has 2 heterocycles. The van der Waals surface area contributed by atoms with E-state index in [-0.39, 0.29) is 0 Å². The zero-order chi connectivity index (χ0) is 12.1. The van der Waals surface area contributed by atoms with E-state index in [1.165, 1.54) is 4.88 Å². The third-order valence-electron chi connectivity index (χ3n) is 2.24. The summed E-state index contributed by atoms with van der Waals surface area (Å²) in [4.78, 5) is 8.81. The van der Waals surface area contributed by atoms with Crippen LogP contribution >= 0.6 is 27.3 Å². The smallest absolute Gasteiger partial charge is 0.120 e. The highest BCUT2D eigenvalue weighted by Crippen LogP contribution is 2.28. The molecule has 2 aromatic heterocycles. The number of hydrogen-bond acceptors (Lipinski definition) is 4. The van der Waals surface area contributed by atoms with E-state index in [9.17, 15) is 0 Å². The second-order valence-corrected chi connectivity index (χ2v) is 5.37. The zero-order valence-corrected chi connectivity index (χ0v) is 11.9. The molecule has 0 fully saturated rings. The third kappa shape index (κ3) is 3.64. The number of nitrogens with one attached hydrogen (secondary N) is 2. The maximum atomic E-state index is 4.96. The Balaban J connectivity index is 1.92. The zero-order valence-electron chi connectivity index (χ0n) is 9.50. The number of aromatic amines is 1. The number of rotatable bonds is 6. The number of hydrogen-bond donors (Lipinski definition) is 2. The van der Waals surface area contributed by atoms with E-state index < -0.39 is 0 Å². The fourth-order valence-corrected chi connectivity index (χ4v) is 2.81. The van der Waals surface area contributed by atoms with Crippen LogP contribution < -0.4 is 5.32 Å². The Bertz CT molecular complexity index is 469. The SMILES string of the molecule is COCCNCc1ncc(-c2cc(Br)cs2)[nH]1. The van der Waals surface area contributed by atoms with E-state index >= 15 is 0 Å². The minimum absolute atomic E-state index is 0.714. The summed E-state index contributed by atoms with van der Waals surface area (Å²) in [5.41, 5.74) is 1.06. The molecule has 0 aromatic carbocycles. The van der Waals surface area contributed by atoms with Crippen LogP contribution in [0.2, 0.25) is 0 Å². The van der Waals surface area contributed by atoms with Crippen molar-refractivity contribution in [1.82, 2.24) is 15.3 Å². The molecule has 0 aliphatic heterocycles. The Morgan fingerprint density at radius 2 is 2.47 bits per heavy atom. The van der Waals surface area contributed by atoms with Gasteiger partial charge >= 0.3 is 0 Å². The lowest BCUT2D eigenvalue weighted by molar-refractivity contribution is 0.199. The van der Waals surface area contributed by atoms with Gasteiger partial charge in [0.1, 0.15) is 5.82 Å². The van der Waals surface area contributed by atoms with Gasteiger partial charge in [0, 0.05) is 23.5 Å². The number of H-pyrrole nitrogens is 1. The molecule has 0 amide bonds. The van der Waals surface area contributed by atoms with Crippen LogP contribution in [0.1, 0.15) is 5.82 Å². The summed E-state index contributed by atoms with van der Waals surface area (Å²) in [5.74, 6) is 0.945. The van der Waals surface area contributed by atoms with Crippen molar-refractivity contribution in [3.05, 3.63) is 27.9 Å². The lowest BCUT2D eigenvalue weighted by atomic mass is 10.4. The molecule has 0 bridgehead atoms. The van der Waals surface area contributed by atoms with Crippen molar-refractivity contribution in [2.24, 2.45) is 0 Å². The summed E-state index contributed by atoms with van der Waals surface area (Å²) < 4.78 is 6.06. The molecule has 2 aromatic rings. The Hall–Kier alpha value is -0.690. The monoisotopic (exact) mass is 315 g/mol. The largest absolute Gasteiger partial charge is 0.383 e. The van der Waals surface area contributed by atoms with E-state index in [1.54, 1.807) is 18.4 Å². The van der Waals surface area contributed by atoms with Gasteiger partial charge in [-0.3, -0.25) is 0 Å². The van der Waals surface area contributed by atoms with Crippen LogP contribution in [0.5, 0.6) is 0 Å². The van der Waals surface area contributed by atoms with Gasteiger partial charge in [0.05, 0.1) is 29.9 Å². The van der Waals surface area contributed by atoms with Crippen molar-refractivity contribution in [2.45, 2.75) is 6.54 Å². The molecular weight excluding hydrogens is 302 g/mol. The number of thiophene rings is 1. The highest BCUT2D eigenvalue weighted by Gasteiger charge is 2.05. The molecule has 6 heteroatoms. The second-order valence-electron chi connectivity index (χ2n) is 3.54. The van der Waals surface area contributed by atoms with Gasteiger partial charge in [0.25, 0.3) is 0 Å². The average Bonchev–Trinajstić information content (AvgIpc) is 2.93. The van der Waals surface area contributed by atoms with Crippen LogP contribution in [0.4, 0.5) is 0 Å². The summed E-state index contributed by atoms with van der Waals surface area (Å²) in [6, 6.07) is 2.08. The van der Waals surface area contributed by atoms with Crippen LogP contribution in [0, 0.1) is 0 Å². The first-order valence-electron chi connectivity index (χ1n) is 5.27. The van der Waals surface area contributed by atoms with E-state index in [1.807, 2.05) is 6.20 Å². The molecule has 0 atom stereocenters. The number of aromatic nitrogens is 2. The highest BCUT2D eigenvalue weighted by molar-refractivity contribution is 9.10. The summed E-state index contributed by atoms with van der Waals surface area (Å²) in [7, 11) is 1.70. The molecule has 2 N–H and O–H groups in total. The van der Waals surface area contributed by atoms with Crippen LogP contribution in [-0.4, -0.2) is 30.2 Å². The quantitative estimate of drug-likeness (QED) is 0.806. The molecule has 17 heavy (non-hydrogen) atoms. The van der Waals surface area contributed by atoms with Crippen LogP contribution in [0.3, 0.4) is 0 Å². The van der Waals surface area contributed by atoms with Crippen molar-refractivity contribution in [3.63, 3.8) is 0 Å². The standard InChI is InChI=1S/C11H14BrN3OS/c1-16-3-2-13-6-11-14-5-9(15-11)10-4-8(12)7-17-10/h4-5,7,13H,2-3,6H2,1H3,(H,14,15). The number of imidazole rings is 1. The van der Waals surface area contributed by atoms with Gasteiger partial charge in [-0.25, -0.2) is 4.98 Å². The predicted molar refractivity (Wildman–Crippen MR) is 73.2 cm³/mol. The maximum Gasteiger partial charge on any atom is 0.120 e. The van der Waals surface area contributed by atoms with E-state index in [0.717, 1.165) is 29.1 Å². The minimum Gasteiger partial charge on any atom is -0.383 e. The van der Waals surface area contributed by atoms with Crippen molar-refractivity contribution in [1.29, 1.82) is 0 Å². The molecule has 4 nitrogen and oxygen atoms in total. The summed E-state index contributed by atoms with van der Waals surface area (Å²) >= 11 is 5.13. The summed E-state index contributed by atoms with van der Waals surface area (Å²) in [5, 5.41) is 5.31. The Morgan fingerprint density at radius 1 is 1.59 bits per heavy atom. The Morgan fingerprint density at radius 3 is 3.18 bits per heavy atom. The molecule has 0 radical (unpaired) electrons. The molecule has 0 saturated carbocycles. The molecule has 92 valence electrons. The normalized spacial score (nSPS) is 10.9. The minimum atomic E-state index is 0.714. The van der Waals surface area contributed by atoms with Crippen molar-refractivity contribution >= 4 is 27.3 Å². The maximum absolute atomic E-state index is 4.96. The van der Waals surface area contributed by atoms with Gasteiger partial charge in [-0.1, -0.05) is 0 Å². The van der Waals surface area contributed by atoms with E-state index in [4.69, 9.17) is 4.74 Å². The Kier molecular flexibility index (Phi) is 4.73. The molecule has 2 rings (SSSR count). The van der Waals surface area contributed by atoms with Crippen LogP contribution in [-0.2, 0) is 11.3 Å². The number of methoxy groups -OCH3 is 1.